The van der Waals surface area contributed by atoms with Gasteiger partial charge in [-0.05, 0) is 42.5 Å². The predicted octanol–water partition coefficient (Wildman–Crippen LogP) is 4.62. The van der Waals surface area contributed by atoms with Crippen LogP contribution in [0.3, 0.4) is 0 Å². The minimum atomic E-state index is -4.82. The Morgan fingerprint density at radius 1 is 1.10 bits per heavy atom. The molecule has 1 aliphatic heterocycles. The molecule has 0 unspecified atom stereocenters. The first-order valence-corrected chi connectivity index (χ1v) is 11.1. The molecule has 0 aliphatic carbocycles. The summed E-state index contributed by atoms with van der Waals surface area (Å²) in [5.41, 5.74) is 0.222. The minimum absolute atomic E-state index is 0.0154. The molecular formula is C21H23F3N2O3S. The lowest BCUT2D eigenvalue weighted by molar-refractivity contribution is -0.139. The fourth-order valence-corrected chi connectivity index (χ4v) is 5.54. The number of benzene rings is 2. The van der Waals surface area contributed by atoms with Gasteiger partial charge >= 0.3 is 6.18 Å². The first kappa shape index (κ1) is 22.3. The average Bonchev–Trinajstić information content (AvgIpc) is 3.18. The van der Waals surface area contributed by atoms with Crippen molar-refractivity contribution >= 4 is 21.6 Å². The maximum atomic E-state index is 13.4. The van der Waals surface area contributed by atoms with Crippen molar-refractivity contribution in [3.8, 4) is 0 Å². The summed E-state index contributed by atoms with van der Waals surface area (Å²) in [5, 5.41) is 2.76. The van der Waals surface area contributed by atoms with E-state index in [2.05, 4.69) is 5.32 Å². The van der Waals surface area contributed by atoms with Gasteiger partial charge in [-0.25, -0.2) is 8.42 Å². The molecule has 30 heavy (non-hydrogen) atoms. The van der Waals surface area contributed by atoms with Gasteiger partial charge < -0.3 is 5.32 Å². The molecule has 1 fully saturated rings. The van der Waals surface area contributed by atoms with Gasteiger partial charge in [0.05, 0.1) is 10.5 Å². The number of nitrogens with zero attached hydrogens (tertiary/aromatic N) is 1. The highest BCUT2D eigenvalue weighted by Crippen LogP contribution is 2.37. The number of alkyl halides is 3. The van der Waals surface area contributed by atoms with E-state index in [1.807, 2.05) is 26.0 Å². The molecule has 5 nitrogen and oxygen atoms in total. The molecule has 0 saturated carbocycles. The molecule has 0 bridgehead atoms. The van der Waals surface area contributed by atoms with E-state index in [-0.39, 0.29) is 18.9 Å². The maximum absolute atomic E-state index is 13.4. The molecule has 0 aromatic heterocycles. The number of carbonyl (C=O) groups is 1. The van der Waals surface area contributed by atoms with E-state index >= 15 is 0 Å². The quantitative estimate of drug-likeness (QED) is 0.738. The van der Waals surface area contributed by atoms with Crippen molar-refractivity contribution in [2.75, 3.05) is 11.9 Å². The summed E-state index contributed by atoms with van der Waals surface area (Å²) < 4.78 is 67.2. The third-order valence-corrected chi connectivity index (χ3v) is 7.09. The Labute approximate surface area is 173 Å². The van der Waals surface area contributed by atoms with Gasteiger partial charge in [0.25, 0.3) is 0 Å². The number of anilines is 1. The Kier molecular flexibility index (Phi) is 6.24. The zero-order valence-electron chi connectivity index (χ0n) is 16.6. The van der Waals surface area contributed by atoms with Crippen LogP contribution in [-0.2, 0) is 21.0 Å². The summed E-state index contributed by atoms with van der Waals surface area (Å²) >= 11 is 0. The van der Waals surface area contributed by atoms with Gasteiger partial charge in [0.2, 0.25) is 15.9 Å². The highest BCUT2D eigenvalue weighted by atomic mass is 32.2. The maximum Gasteiger partial charge on any atom is 0.417 e. The van der Waals surface area contributed by atoms with Crippen LogP contribution in [0.2, 0.25) is 0 Å². The lowest BCUT2D eigenvalue weighted by Crippen LogP contribution is -2.43. The lowest BCUT2D eigenvalue weighted by Gasteiger charge is -2.25. The number of sulfonamides is 1. The van der Waals surface area contributed by atoms with Crippen molar-refractivity contribution in [1.82, 2.24) is 4.31 Å². The minimum Gasteiger partial charge on any atom is -0.324 e. The van der Waals surface area contributed by atoms with Crippen molar-refractivity contribution in [3.63, 3.8) is 0 Å². The molecule has 2 aromatic rings. The molecule has 1 heterocycles. The molecule has 3 rings (SSSR count). The van der Waals surface area contributed by atoms with Gasteiger partial charge in [0.15, 0.2) is 0 Å². The normalized spacial score (nSPS) is 18.0. The van der Waals surface area contributed by atoms with E-state index in [9.17, 15) is 26.4 Å². The van der Waals surface area contributed by atoms with Crippen LogP contribution in [0.25, 0.3) is 0 Å². The summed E-state index contributed by atoms with van der Waals surface area (Å²) in [4.78, 5) is 12.1. The third-order valence-electron chi connectivity index (χ3n) is 5.13. The number of nitrogens with one attached hydrogen (secondary N) is 1. The summed E-state index contributed by atoms with van der Waals surface area (Å²) in [5.74, 6) is -0.419. The molecule has 1 aliphatic rings. The summed E-state index contributed by atoms with van der Waals surface area (Å²) in [6.45, 7) is 3.91. The van der Waals surface area contributed by atoms with Crippen LogP contribution >= 0.6 is 0 Å². The van der Waals surface area contributed by atoms with Gasteiger partial charge in [0.1, 0.15) is 6.04 Å². The Balaban J connectivity index is 1.92. The SMILES string of the molecule is CC(C)c1ccccc1NC(=O)[C@@H]1CCCN1S(=O)(=O)c1ccccc1C(F)(F)F. The fourth-order valence-electron chi connectivity index (χ4n) is 3.67. The molecule has 162 valence electrons. The fraction of sp³-hybridized carbons (Fsp3) is 0.381. The highest BCUT2D eigenvalue weighted by molar-refractivity contribution is 7.89. The zero-order valence-corrected chi connectivity index (χ0v) is 17.4. The Morgan fingerprint density at radius 3 is 2.40 bits per heavy atom. The van der Waals surface area contributed by atoms with E-state index in [1.165, 1.54) is 6.07 Å². The number of carbonyl (C=O) groups excluding carboxylic acids is 1. The molecule has 2 aromatic carbocycles. The summed E-state index contributed by atoms with van der Waals surface area (Å²) in [6, 6.07) is 10.1. The van der Waals surface area contributed by atoms with E-state index in [0.717, 1.165) is 28.1 Å². The van der Waals surface area contributed by atoms with Crippen molar-refractivity contribution in [2.45, 2.75) is 49.7 Å². The van der Waals surface area contributed by atoms with Gasteiger partial charge in [-0.2, -0.15) is 17.5 Å². The van der Waals surface area contributed by atoms with Crippen LogP contribution in [0.15, 0.2) is 53.4 Å². The van der Waals surface area contributed by atoms with Crippen LogP contribution in [0.1, 0.15) is 43.7 Å². The van der Waals surface area contributed by atoms with Crippen LogP contribution in [0.4, 0.5) is 18.9 Å². The lowest BCUT2D eigenvalue weighted by atomic mass is 10.0. The monoisotopic (exact) mass is 440 g/mol. The van der Waals surface area contributed by atoms with Crippen molar-refractivity contribution in [2.24, 2.45) is 0 Å². The Morgan fingerprint density at radius 2 is 1.73 bits per heavy atom. The van der Waals surface area contributed by atoms with Gasteiger partial charge in [-0.15, -0.1) is 0 Å². The molecule has 1 saturated heterocycles. The van der Waals surface area contributed by atoms with Gasteiger partial charge in [0, 0.05) is 12.2 Å². The number of rotatable bonds is 5. The van der Waals surface area contributed by atoms with E-state index in [4.69, 9.17) is 0 Å². The van der Waals surface area contributed by atoms with Crippen molar-refractivity contribution < 1.29 is 26.4 Å². The number of hydrogen-bond acceptors (Lipinski definition) is 3. The highest BCUT2D eigenvalue weighted by Gasteiger charge is 2.44. The van der Waals surface area contributed by atoms with E-state index < -0.39 is 38.6 Å². The van der Waals surface area contributed by atoms with E-state index in [0.29, 0.717) is 12.1 Å². The van der Waals surface area contributed by atoms with Gasteiger partial charge in [-0.3, -0.25) is 4.79 Å². The summed E-state index contributed by atoms with van der Waals surface area (Å²) in [7, 11) is -4.51. The summed E-state index contributed by atoms with van der Waals surface area (Å²) in [6.07, 6.45) is -4.20. The zero-order chi connectivity index (χ0) is 22.1. The number of halogens is 3. The number of hydrogen-bond donors (Lipinski definition) is 1. The van der Waals surface area contributed by atoms with Crippen LogP contribution in [0.5, 0.6) is 0 Å². The molecule has 9 heteroatoms. The number of amides is 1. The largest absolute Gasteiger partial charge is 0.417 e. The molecule has 0 radical (unpaired) electrons. The number of para-hydroxylation sites is 1. The van der Waals surface area contributed by atoms with Crippen LogP contribution in [-0.4, -0.2) is 31.2 Å². The second-order valence-corrected chi connectivity index (χ2v) is 9.36. The third kappa shape index (κ3) is 4.37. The first-order valence-electron chi connectivity index (χ1n) is 9.61. The van der Waals surface area contributed by atoms with Gasteiger partial charge in [-0.1, -0.05) is 44.2 Å². The second-order valence-electron chi connectivity index (χ2n) is 7.50. The predicted molar refractivity (Wildman–Crippen MR) is 108 cm³/mol. The second kappa shape index (κ2) is 8.39. The standard InChI is InChI=1S/C21H23F3N2O3S/c1-14(2)15-8-3-5-10-17(15)25-20(27)18-11-7-13-26(18)30(28,29)19-12-6-4-9-16(19)21(22,23)24/h3-6,8-10,12,14,18H,7,11,13H2,1-2H3,(H,25,27)/t18-/m0/s1. The van der Waals surface area contributed by atoms with Crippen LogP contribution in [0, 0.1) is 0 Å². The van der Waals surface area contributed by atoms with Crippen molar-refractivity contribution in [1.29, 1.82) is 0 Å². The topological polar surface area (TPSA) is 66.5 Å². The van der Waals surface area contributed by atoms with Crippen molar-refractivity contribution in [3.05, 3.63) is 59.7 Å². The molecule has 0 spiro atoms. The Hall–Kier alpha value is -2.39. The first-order chi connectivity index (χ1) is 14.0. The molecule has 1 N–H and O–H groups in total. The average molecular weight is 440 g/mol. The molecule has 1 atom stereocenters. The smallest absolute Gasteiger partial charge is 0.324 e. The molecular weight excluding hydrogens is 417 g/mol. The Bertz CT molecular complexity index is 1040. The molecule has 1 amide bonds. The van der Waals surface area contributed by atoms with Crippen LogP contribution < -0.4 is 5.32 Å². The van der Waals surface area contributed by atoms with E-state index in [1.54, 1.807) is 12.1 Å².